The van der Waals surface area contributed by atoms with E-state index >= 15 is 0 Å². The van der Waals surface area contributed by atoms with Gasteiger partial charge in [-0.05, 0) is 32.9 Å². The normalized spacial score (nSPS) is 26.9. The smallest absolute Gasteiger partial charge is 0.253 e. The van der Waals surface area contributed by atoms with Crippen LogP contribution in [0.25, 0.3) is 0 Å². The maximum atomic E-state index is 13.9. The van der Waals surface area contributed by atoms with Crippen LogP contribution >= 0.6 is 0 Å². The summed E-state index contributed by atoms with van der Waals surface area (Å²) in [6.45, 7) is 1.43. The Morgan fingerprint density at radius 1 is 0.950 bits per heavy atom. The molecule has 2 atom stereocenters. The van der Waals surface area contributed by atoms with Gasteiger partial charge < -0.3 is 9.80 Å². The van der Waals surface area contributed by atoms with Gasteiger partial charge in [-0.1, -0.05) is 0 Å². The molecular formula is C13H15F4N3. The summed E-state index contributed by atoms with van der Waals surface area (Å²) in [5.41, 5.74) is -0.599. The number of halogens is 4. The van der Waals surface area contributed by atoms with E-state index in [-0.39, 0.29) is 12.1 Å². The van der Waals surface area contributed by atoms with E-state index in [4.69, 9.17) is 0 Å². The lowest BCUT2D eigenvalue weighted by atomic mass is 10.1. The van der Waals surface area contributed by atoms with Crippen molar-refractivity contribution >= 4 is 5.69 Å². The first-order valence-corrected chi connectivity index (χ1v) is 6.66. The molecule has 0 radical (unpaired) electrons. The highest BCUT2D eigenvalue weighted by Crippen LogP contribution is 2.38. The molecule has 0 amide bonds. The van der Waals surface area contributed by atoms with Crippen LogP contribution in [-0.4, -0.2) is 42.1 Å². The molecule has 3 rings (SSSR count). The number of likely N-dealkylation sites (N-methyl/N-ethyl adjacent to an activating group) is 1. The van der Waals surface area contributed by atoms with Gasteiger partial charge in [-0.2, -0.15) is 22.5 Å². The van der Waals surface area contributed by atoms with E-state index in [1.807, 2.05) is 7.05 Å². The van der Waals surface area contributed by atoms with E-state index in [2.05, 4.69) is 9.88 Å². The average molecular weight is 289 g/mol. The Bertz CT molecular complexity index is 511. The number of likely N-dealkylation sites (tertiary alicyclic amines) is 1. The summed E-state index contributed by atoms with van der Waals surface area (Å²) >= 11 is 0. The Morgan fingerprint density at radius 3 is 2.20 bits per heavy atom. The quantitative estimate of drug-likeness (QED) is 0.584. The maximum Gasteiger partial charge on any atom is 0.253 e. The summed E-state index contributed by atoms with van der Waals surface area (Å²) < 4.78 is 54.5. The van der Waals surface area contributed by atoms with E-state index in [0.717, 1.165) is 25.8 Å². The van der Waals surface area contributed by atoms with Crippen LogP contribution in [0.2, 0.25) is 0 Å². The Hall–Kier alpha value is -1.37. The van der Waals surface area contributed by atoms with E-state index in [1.165, 1.54) is 4.90 Å². The number of fused-ring (bicyclic) bond motifs is 2. The molecular weight excluding hydrogens is 274 g/mol. The molecule has 2 bridgehead atoms. The molecule has 0 saturated carbocycles. The zero-order chi connectivity index (χ0) is 14.4. The van der Waals surface area contributed by atoms with Crippen molar-refractivity contribution in [3.05, 3.63) is 23.5 Å². The lowest BCUT2D eigenvalue weighted by Gasteiger charge is -2.31. The number of rotatable bonds is 1. The topological polar surface area (TPSA) is 19.4 Å². The average Bonchev–Trinajstić information content (AvgIpc) is 2.69. The third-order valence-electron chi connectivity index (χ3n) is 4.22. The van der Waals surface area contributed by atoms with Crippen molar-refractivity contribution in [1.29, 1.82) is 0 Å². The number of nitrogens with zero attached hydrogens (tertiary/aromatic N) is 3. The van der Waals surface area contributed by atoms with Crippen LogP contribution in [-0.2, 0) is 0 Å². The van der Waals surface area contributed by atoms with Crippen LogP contribution in [0, 0.1) is 23.5 Å². The molecule has 0 N–H and O–H groups in total. The fourth-order valence-corrected chi connectivity index (χ4v) is 3.31. The van der Waals surface area contributed by atoms with Gasteiger partial charge in [-0.3, -0.25) is 0 Å². The van der Waals surface area contributed by atoms with Gasteiger partial charge in [-0.25, -0.2) is 0 Å². The molecule has 3 heterocycles. The molecule has 2 aliphatic heterocycles. The van der Waals surface area contributed by atoms with Crippen molar-refractivity contribution in [2.45, 2.75) is 31.3 Å². The van der Waals surface area contributed by atoms with Gasteiger partial charge in [0.1, 0.15) is 5.69 Å². The summed E-state index contributed by atoms with van der Waals surface area (Å²) in [5, 5.41) is 0. The predicted octanol–water partition coefficient (Wildman–Crippen LogP) is 2.31. The summed E-state index contributed by atoms with van der Waals surface area (Å²) in [6, 6.07) is -0.215. The third kappa shape index (κ3) is 2.04. The first-order valence-electron chi connectivity index (χ1n) is 6.66. The molecule has 2 aliphatic rings. The van der Waals surface area contributed by atoms with Gasteiger partial charge in [0.2, 0.25) is 11.6 Å². The lowest BCUT2D eigenvalue weighted by molar-refractivity contribution is 0.314. The minimum absolute atomic E-state index is 0.0878. The Morgan fingerprint density at radius 2 is 1.55 bits per heavy atom. The monoisotopic (exact) mass is 289 g/mol. The van der Waals surface area contributed by atoms with Crippen LogP contribution in [0.1, 0.15) is 19.3 Å². The summed E-state index contributed by atoms with van der Waals surface area (Å²) in [5.74, 6) is -5.97. The number of hydrogen-bond acceptors (Lipinski definition) is 3. The molecule has 110 valence electrons. The number of anilines is 1. The third-order valence-corrected chi connectivity index (χ3v) is 4.22. The molecule has 7 heteroatoms. The van der Waals surface area contributed by atoms with Crippen LogP contribution in [0.5, 0.6) is 0 Å². The zero-order valence-electron chi connectivity index (χ0n) is 11.0. The Labute approximate surface area is 114 Å². The first kappa shape index (κ1) is 13.6. The van der Waals surface area contributed by atoms with Crippen LogP contribution < -0.4 is 4.90 Å². The number of aromatic nitrogens is 1. The maximum absolute atomic E-state index is 13.9. The molecule has 1 aromatic heterocycles. The van der Waals surface area contributed by atoms with Crippen molar-refractivity contribution in [2.24, 2.45) is 0 Å². The highest BCUT2D eigenvalue weighted by atomic mass is 19.2. The predicted molar refractivity (Wildman–Crippen MR) is 65.5 cm³/mol. The van der Waals surface area contributed by atoms with E-state index < -0.39 is 29.2 Å². The standard InChI is InChI=1S/C13H15F4N3/c1-19-5-4-7-2-3-8(6-19)20(7)11-9(14)12(16)18-13(17)10(11)15/h7-8H,2-6H2,1H3/t7-,8+/m0/s1. The van der Waals surface area contributed by atoms with Crippen molar-refractivity contribution in [3.8, 4) is 0 Å². The SMILES string of the molecule is CN1CC[C@@H]2CC[C@H](C1)N2c1c(F)c(F)nc(F)c1F. The van der Waals surface area contributed by atoms with Gasteiger partial charge in [0.15, 0.2) is 0 Å². The van der Waals surface area contributed by atoms with Crippen molar-refractivity contribution < 1.29 is 17.6 Å². The van der Waals surface area contributed by atoms with E-state index in [9.17, 15) is 17.6 Å². The van der Waals surface area contributed by atoms with Gasteiger partial charge >= 0.3 is 0 Å². The number of hydrogen-bond donors (Lipinski definition) is 0. The van der Waals surface area contributed by atoms with Gasteiger partial charge in [0.05, 0.1) is 0 Å². The van der Waals surface area contributed by atoms with Crippen molar-refractivity contribution in [2.75, 3.05) is 25.0 Å². The van der Waals surface area contributed by atoms with Gasteiger partial charge in [0.25, 0.3) is 11.9 Å². The molecule has 2 saturated heterocycles. The minimum Gasteiger partial charge on any atom is -0.359 e. The molecule has 3 nitrogen and oxygen atoms in total. The highest BCUT2D eigenvalue weighted by Gasteiger charge is 2.40. The van der Waals surface area contributed by atoms with Gasteiger partial charge in [-0.15, -0.1) is 0 Å². The highest BCUT2D eigenvalue weighted by molar-refractivity contribution is 5.52. The molecule has 0 unspecified atom stereocenters. The fraction of sp³-hybridized carbons (Fsp3) is 0.615. The molecule has 0 spiro atoms. The second-order valence-electron chi connectivity index (χ2n) is 5.51. The van der Waals surface area contributed by atoms with Crippen LogP contribution in [0.4, 0.5) is 23.2 Å². The van der Waals surface area contributed by atoms with E-state index in [1.54, 1.807) is 0 Å². The zero-order valence-corrected chi connectivity index (χ0v) is 11.0. The Kier molecular flexibility index (Phi) is 3.32. The first-order chi connectivity index (χ1) is 9.49. The molecule has 1 aromatic rings. The molecule has 0 aromatic carbocycles. The second kappa shape index (κ2) is 4.87. The van der Waals surface area contributed by atoms with Crippen LogP contribution in [0.3, 0.4) is 0 Å². The second-order valence-corrected chi connectivity index (χ2v) is 5.51. The summed E-state index contributed by atoms with van der Waals surface area (Å²) in [4.78, 5) is 6.20. The summed E-state index contributed by atoms with van der Waals surface area (Å²) in [6.07, 6.45) is 2.26. The molecule has 20 heavy (non-hydrogen) atoms. The molecule has 0 aliphatic carbocycles. The fourth-order valence-electron chi connectivity index (χ4n) is 3.31. The molecule has 2 fully saturated rings. The summed E-state index contributed by atoms with van der Waals surface area (Å²) in [7, 11) is 1.93. The minimum atomic E-state index is -1.59. The Balaban J connectivity index is 2.09. The number of pyridine rings is 1. The van der Waals surface area contributed by atoms with Crippen molar-refractivity contribution in [1.82, 2.24) is 9.88 Å². The van der Waals surface area contributed by atoms with Gasteiger partial charge in [0, 0.05) is 18.6 Å². The lowest BCUT2D eigenvalue weighted by Crippen LogP contribution is -2.40. The largest absolute Gasteiger partial charge is 0.359 e. The van der Waals surface area contributed by atoms with Crippen LogP contribution in [0.15, 0.2) is 0 Å². The van der Waals surface area contributed by atoms with E-state index in [0.29, 0.717) is 6.54 Å². The van der Waals surface area contributed by atoms with Crippen molar-refractivity contribution in [3.63, 3.8) is 0 Å².